The molecule has 0 bridgehead atoms. The largest absolute Gasteiger partial charge is 0.356 e. The minimum atomic E-state index is -0.612. The van der Waals surface area contributed by atoms with Gasteiger partial charge in [0.25, 0.3) is 11.6 Å². The summed E-state index contributed by atoms with van der Waals surface area (Å²) in [6.45, 7) is 6.80. The Balaban J connectivity index is 1.52. The Kier molecular flexibility index (Phi) is 6.99. The number of hydrogen-bond acceptors (Lipinski definition) is 8. The number of nitro benzene ring substituents is 1. The van der Waals surface area contributed by atoms with Crippen molar-refractivity contribution in [3.05, 3.63) is 45.1 Å². The van der Waals surface area contributed by atoms with Crippen LogP contribution in [0.1, 0.15) is 37.0 Å². The number of nitrogens with one attached hydrogen (secondary N) is 1. The molecule has 0 aliphatic carbocycles. The van der Waals surface area contributed by atoms with Gasteiger partial charge in [-0.3, -0.25) is 14.9 Å². The molecular formula is C21H24ClN7O3S. The number of halogens is 1. The van der Waals surface area contributed by atoms with Crippen molar-refractivity contribution >= 4 is 51.8 Å². The number of anilines is 1. The first kappa shape index (κ1) is 23.2. The second kappa shape index (κ2) is 9.92. The summed E-state index contributed by atoms with van der Waals surface area (Å²) < 4.78 is 1.76. The number of aromatic nitrogens is 4. The van der Waals surface area contributed by atoms with Gasteiger partial charge in [0.15, 0.2) is 10.8 Å². The van der Waals surface area contributed by atoms with Crippen LogP contribution in [0.2, 0.25) is 5.02 Å². The van der Waals surface area contributed by atoms with Gasteiger partial charge in [0.1, 0.15) is 10.8 Å². The van der Waals surface area contributed by atoms with Gasteiger partial charge in [-0.1, -0.05) is 37.2 Å². The fourth-order valence-corrected chi connectivity index (χ4v) is 4.58. The average molecular weight is 490 g/mol. The highest BCUT2D eigenvalue weighted by Gasteiger charge is 2.21. The Labute approximate surface area is 199 Å². The van der Waals surface area contributed by atoms with E-state index < -0.39 is 10.8 Å². The predicted molar refractivity (Wildman–Crippen MR) is 128 cm³/mol. The van der Waals surface area contributed by atoms with E-state index in [1.165, 1.54) is 18.2 Å². The molecule has 0 spiro atoms. The maximum atomic E-state index is 12.5. The van der Waals surface area contributed by atoms with Crippen LogP contribution in [0.25, 0.3) is 11.0 Å². The van der Waals surface area contributed by atoms with E-state index in [4.69, 9.17) is 21.6 Å². The van der Waals surface area contributed by atoms with Crippen LogP contribution in [0.4, 0.5) is 11.5 Å². The maximum absolute atomic E-state index is 12.5. The van der Waals surface area contributed by atoms with Crippen molar-refractivity contribution in [1.82, 2.24) is 25.1 Å². The Morgan fingerprint density at radius 1 is 1.30 bits per heavy atom. The third-order valence-electron chi connectivity index (χ3n) is 5.22. The zero-order chi connectivity index (χ0) is 23.5. The third kappa shape index (κ3) is 5.19. The molecular weight excluding hydrogens is 466 g/mol. The molecule has 33 heavy (non-hydrogen) atoms. The fraction of sp³-hybridized carbons (Fsp3) is 0.429. The standard InChI is InChI=1S/C21H24ClN7O3S/c1-13(2)33-21-25-18(27-8-3-4-9-27)15-12-24-28(19(15)26-21)10-7-23-20(30)14-5-6-16(22)17(11-14)29(31)32/h5-6,11-13H,3-4,7-10H2,1-2H3,(H,23,30). The van der Waals surface area contributed by atoms with Crippen molar-refractivity contribution in [2.45, 2.75) is 43.6 Å². The zero-order valence-electron chi connectivity index (χ0n) is 18.3. The molecule has 1 aliphatic rings. The van der Waals surface area contributed by atoms with Crippen molar-refractivity contribution in [2.24, 2.45) is 0 Å². The molecule has 1 saturated heterocycles. The number of benzene rings is 1. The van der Waals surface area contributed by atoms with Crippen LogP contribution < -0.4 is 10.2 Å². The molecule has 1 fully saturated rings. The molecule has 1 aromatic carbocycles. The molecule has 10 nitrogen and oxygen atoms in total. The van der Waals surface area contributed by atoms with Crippen molar-refractivity contribution in [1.29, 1.82) is 0 Å². The smallest absolute Gasteiger partial charge is 0.288 e. The van der Waals surface area contributed by atoms with E-state index in [1.54, 1.807) is 22.6 Å². The molecule has 0 saturated carbocycles. The van der Waals surface area contributed by atoms with E-state index in [0.717, 1.165) is 42.8 Å². The molecule has 1 N–H and O–H groups in total. The van der Waals surface area contributed by atoms with E-state index in [-0.39, 0.29) is 22.8 Å². The van der Waals surface area contributed by atoms with Gasteiger partial charge in [0.05, 0.1) is 23.1 Å². The number of fused-ring (bicyclic) bond motifs is 1. The number of nitro groups is 1. The second-order valence-electron chi connectivity index (χ2n) is 7.97. The molecule has 1 aliphatic heterocycles. The number of rotatable bonds is 8. The van der Waals surface area contributed by atoms with E-state index in [1.807, 2.05) is 0 Å². The summed E-state index contributed by atoms with van der Waals surface area (Å²) in [6, 6.07) is 3.98. The summed E-state index contributed by atoms with van der Waals surface area (Å²) in [5.41, 5.74) is 0.598. The van der Waals surface area contributed by atoms with Crippen molar-refractivity contribution in [3.8, 4) is 0 Å². The lowest BCUT2D eigenvalue weighted by Crippen LogP contribution is -2.27. The molecule has 0 radical (unpaired) electrons. The Hall–Kier alpha value is -2.92. The topological polar surface area (TPSA) is 119 Å². The number of carbonyl (C=O) groups excluding carboxylic acids is 1. The number of hydrogen-bond donors (Lipinski definition) is 1. The Bertz CT molecular complexity index is 1190. The predicted octanol–water partition coefficient (Wildman–Crippen LogP) is 3.92. The van der Waals surface area contributed by atoms with Gasteiger partial charge in [-0.25, -0.2) is 14.6 Å². The second-order valence-corrected chi connectivity index (χ2v) is 9.93. The van der Waals surface area contributed by atoms with Crippen LogP contribution in [-0.2, 0) is 6.54 Å². The third-order valence-corrected chi connectivity index (χ3v) is 6.40. The van der Waals surface area contributed by atoms with Gasteiger partial charge in [-0.05, 0) is 25.0 Å². The molecule has 3 heterocycles. The van der Waals surface area contributed by atoms with Crippen LogP contribution in [0.5, 0.6) is 0 Å². The first-order chi connectivity index (χ1) is 15.8. The van der Waals surface area contributed by atoms with Crippen molar-refractivity contribution in [2.75, 3.05) is 24.5 Å². The highest BCUT2D eigenvalue weighted by Crippen LogP contribution is 2.30. The van der Waals surface area contributed by atoms with E-state index >= 15 is 0 Å². The maximum Gasteiger partial charge on any atom is 0.288 e. The normalized spacial score (nSPS) is 13.8. The van der Waals surface area contributed by atoms with Crippen LogP contribution in [0.15, 0.2) is 29.6 Å². The van der Waals surface area contributed by atoms with E-state index in [9.17, 15) is 14.9 Å². The first-order valence-electron chi connectivity index (χ1n) is 10.7. The fourth-order valence-electron chi connectivity index (χ4n) is 3.69. The minimum absolute atomic E-state index is 0.0110. The Morgan fingerprint density at radius 3 is 2.76 bits per heavy atom. The molecule has 0 atom stereocenters. The number of nitrogens with zero attached hydrogens (tertiary/aromatic N) is 6. The summed E-state index contributed by atoms with van der Waals surface area (Å²) in [6.07, 6.45) is 4.06. The number of amides is 1. The summed E-state index contributed by atoms with van der Waals surface area (Å²) in [5.74, 6) is 0.485. The minimum Gasteiger partial charge on any atom is -0.356 e. The molecule has 4 rings (SSSR count). The van der Waals surface area contributed by atoms with E-state index in [2.05, 4.69) is 29.2 Å². The molecule has 12 heteroatoms. The van der Waals surface area contributed by atoms with Gasteiger partial charge in [0, 0.05) is 36.5 Å². The van der Waals surface area contributed by atoms with Gasteiger partial charge < -0.3 is 10.2 Å². The molecule has 1 amide bonds. The van der Waals surface area contributed by atoms with Gasteiger partial charge >= 0.3 is 0 Å². The summed E-state index contributed by atoms with van der Waals surface area (Å²) in [4.78, 5) is 34.7. The van der Waals surface area contributed by atoms with Crippen LogP contribution in [-0.4, -0.2) is 55.5 Å². The van der Waals surface area contributed by atoms with E-state index in [0.29, 0.717) is 17.0 Å². The molecule has 0 unspecified atom stereocenters. The molecule has 2 aromatic heterocycles. The Morgan fingerprint density at radius 2 is 2.06 bits per heavy atom. The zero-order valence-corrected chi connectivity index (χ0v) is 19.9. The van der Waals surface area contributed by atoms with Gasteiger partial charge in [0.2, 0.25) is 0 Å². The lowest BCUT2D eigenvalue weighted by atomic mass is 10.2. The highest BCUT2D eigenvalue weighted by atomic mass is 35.5. The lowest BCUT2D eigenvalue weighted by Gasteiger charge is -2.18. The molecule has 3 aromatic rings. The summed E-state index contributed by atoms with van der Waals surface area (Å²) in [7, 11) is 0. The average Bonchev–Trinajstić information content (AvgIpc) is 3.43. The van der Waals surface area contributed by atoms with Crippen LogP contribution in [0.3, 0.4) is 0 Å². The van der Waals surface area contributed by atoms with Crippen molar-refractivity contribution < 1.29 is 9.72 Å². The monoisotopic (exact) mass is 489 g/mol. The number of carbonyl (C=O) groups is 1. The summed E-state index contributed by atoms with van der Waals surface area (Å²) >= 11 is 7.43. The highest BCUT2D eigenvalue weighted by molar-refractivity contribution is 7.99. The quantitative estimate of drug-likeness (QED) is 0.219. The number of thioether (sulfide) groups is 1. The lowest BCUT2D eigenvalue weighted by molar-refractivity contribution is -0.384. The first-order valence-corrected chi connectivity index (χ1v) is 12.0. The van der Waals surface area contributed by atoms with Gasteiger partial charge in [-0.15, -0.1) is 0 Å². The summed E-state index contributed by atoms with van der Waals surface area (Å²) in [5, 5.41) is 20.3. The van der Waals surface area contributed by atoms with Gasteiger partial charge in [-0.2, -0.15) is 5.10 Å². The SMILES string of the molecule is CC(C)Sc1nc(N2CCCC2)c2cnn(CCNC(=O)c3ccc(Cl)c([N+](=O)[O-])c3)c2n1. The van der Waals surface area contributed by atoms with Crippen LogP contribution in [0, 0.1) is 10.1 Å². The molecule has 174 valence electrons. The van der Waals surface area contributed by atoms with Crippen molar-refractivity contribution in [3.63, 3.8) is 0 Å². The van der Waals surface area contributed by atoms with Crippen LogP contribution >= 0.6 is 23.4 Å².